The molecule has 1 atom stereocenters. The van der Waals surface area contributed by atoms with Crippen LogP contribution in [0, 0.1) is 20.8 Å². The van der Waals surface area contributed by atoms with Crippen molar-refractivity contribution in [2.45, 2.75) is 53.0 Å². The van der Waals surface area contributed by atoms with Crippen LogP contribution in [0.1, 0.15) is 64.9 Å². The van der Waals surface area contributed by atoms with Crippen LogP contribution >= 0.6 is 0 Å². The molecule has 3 rings (SSSR count). The highest BCUT2D eigenvalue weighted by molar-refractivity contribution is 6.11. The van der Waals surface area contributed by atoms with E-state index in [0.717, 1.165) is 27.2 Å². The number of rotatable bonds is 5. The molecule has 1 aliphatic rings. The van der Waals surface area contributed by atoms with Crippen LogP contribution in [0.5, 0.6) is 0 Å². The molecule has 2 aromatic rings. The van der Waals surface area contributed by atoms with E-state index in [2.05, 4.69) is 19.2 Å². The quantitative estimate of drug-likeness (QED) is 0.606. The maximum absolute atomic E-state index is 13.1. The van der Waals surface area contributed by atoms with Gasteiger partial charge >= 0.3 is 6.03 Å². The van der Waals surface area contributed by atoms with Gasteiger partial charge in [0.2, 0.25) is 0 Å². The van der Waals surface area contributed by atoms with Crippen molar-refractivity contribution in [3.05, 3.63) is 69.8 Å². The van der Waals surface area contributed by atoms with E-state index in [9.17, 15) is 14.4 Å². The number of amides is 3. The number of nitrogens with one attached hydrogen (secondary N) is 1. The van der Waals surface area contributed by atoms with E-state index in [4.69, 9.17) is 0 Å². The Bertz CT molecular complexity index is 992. The first kappa shape index (κ1) is 20.8. The van der Waals surface area contributed by atoms with Crippen molar-refractivity contribution in [3.63, 3.8) is 0 Å². The summed E-state index contributed by atoms with van der Waals surface area (Å²) < 4.78 is 0. The minimum absolute atomic E-state index is 0.242. The summed E-state index contributed by atoms with van der Waals surface area (Å²) in [5.41, 5.74) is 4.19. The Morgan fingerprint density at radius 2 is 1.59 bits per heavy atom. The zero-order valence-corrected chi connectivity index (χ0v) is 17.9. The summed E-state index contributed by atoms with van der Waals surface area (Å²) in [4.78, 5) is 39.6. The van der Waals surface area contributed by atoms with E-state index >= 15 is 0 Å². The zero-order valence-electron chi connectivity index (χ0n) is 17.9. The highest BCUT2D eigenvalue weighted by atomic mass is 16.2. The third-order valence-corrected chi connectivity index (χ3v) is 5.87. The molecule has 1 saturated heterocycles. The molecular weight excluding hydrogens is 364 g/mol. The second-order valence-corrected chi connectivity index (χ2v) is 8.40. The first-order valence-corrected chi connectivity index (χ1v) is 9.90. The number of benzene rings is 2. The molecule has 5 heteroatoms. The molecule has 0 spiro atoms. The van der Waals surface area contributed by atoms with Crippen molar-refractivity contribution >= 4 is 17.7 Å². The number of carbonyl (C=O) groups excluding carboxylic acids is 3. The van der Waals surface area contributed by atoms with Crippen molar-refractivity contribution in [2.24, 2.45) is 0 Å². The predicted octanol–water partition coefficient (Wildman–Crippen LogP) is 4.39. The highest BCUT2D eigenvalue weighted by Crippen LogP contribution is 2.30. The SMILES string of the molecule is Cc1cc(C)c(C(=O)CN2C(=O)N[C@](C)(c3ccc(C(C)C)cc3)C2=O)cc1C. The molecule has 0 saturated carbocycles. The second-order valence-electron chi connectivity index (χ2n) is 8.40. The lowest BCUT2D eigenvalue weighted by atomic mass is 9.90. The van der Waals surface area contributed by atoms with Crippen LogP contribution in [-0.4, -0.2) is 29.2 Å². The van der Waals surface area contributed by atoms with E-state index in [-0.39, 0.29) is 12.3 Å². The Kier molecular flexibility index (Phi) is 5.35. The van der Waals surface area contributed by atoms with Crippen LogP contribution in [0.4, 0.5) is 4.79 Å². The van der Waals surface area contributed by atoms with Crippen LogP contribution in [-0.2, 0) is 10.3 Å². The van der Waals surface area contributed by atoms with Gasteiger partial charge in [-0.3, -0.25) is 14.5 Å². The first-order valence-electron chi connectivity index (χ1n) is 9.90. The number of carbonyl (C=O) groups is 3. The maximum Gasteiger partial charge on any atom is 0.325 e. The number of ketones is 1. The fourth-order valence-corrected chi connectivity index (χ4v) is 3.73. The molecule has 0 unspecified atom stereocenters. The smallest absolute Gasteiger partial charge is 0.319 e. The highest BCUT2D eigenvalue weighted by Gasteiger charge is 2.49. The van der Waals surface area contributed by atoms with E-state index in [1.807, 2.05) is 57.2 Å². The Balaban J connectivity index is 1.85. The Morgan fingerprint density at radius 1 is 1.00 bits per heavy atom. The largest absolute Gasteiger partial charge is 0.325 e. The molecule has 0 radical (unpaired) electrons. The molecule has 3 amide bonds. The van der Waals surface area contributed by atoms with Gasteiger partial charge in [-0.15, -0.1) is 0 Å². The monoisotopic (exact) mass is 392 g/mol. The topological polar surface area (TPSA) is 66.5 Å². The Labute approximate surface area is 172 Å². The number of nitrogens with zero attached hydrogens (tertiary/aromatic N) is 1. The van der Waals surface area contributed by atoms with Crippen LogP contribution in [0.2, 0.25) is 0 Å². The summed E-state index contributed by atoms with van der Waals surface area (Å²) in [6.45, 7) is 11.4. The average molecular weight is 392 g/mol. The Morgan fingerprint density at radius 3 is 2.17 bits per heavy atom. The molecule has 1 N–H and O–H groups in total. The lowest BCUT2D eigenvalue weighted by Gasteiger charge is -2.23. The number of urea groups is 1. The van der Waals surface area contributed by atoms with Gasteiger partial charge in [0.15, 0.2) is 5.78 Å². The number of imide groups is 1. The van der Waals surface area contributed by atoms with Crippen LogP contribution < -0.4 is 5.32 Å². The summed E-state index contributed by atoms with van der Waals surface area (Å²) in [6.07, 6.45) is 0. The summed E-state index contributed by atoms with van der Waals surface area (Å²) in [6, 6.07) is 10.9. The van der Waals surface area contributed by atoms with Gasteiger partial charge in [-0.1, -0.05) is 44.2 Å². The van der Waals surface area contributed by atoms with Gasteiger partial charge in [0, 0.05) is 5.56 Å². The van der Waals surface area contributed by atoms with Gasteiger partial charge in [-0.05, 0) is 67.5 Å². The van der Waals surface area contributed by atoms with E-state index in [0.29, 0.717) is 17.0 Å². The number of hydrogen-bond donors (Lipinski definition) is 1. The minimum atomic E-state index is -1.18. The molecular formula is C24H28N2O3. The van der Waals surface area contributed by atoms with Crippen molar-refractivity contribution < 1.29 is 14.4 Å². The van der Waals surface area contributed by atoms with E-state index in [1.165, 1.54) is 0 Å². The number of hydrogen-bond acceptors (Lipinski definition) is 3. The summed E-state index contributed by atoms with van der Waals surface area (Å²) in [7, 11) is 0. The molecule has 5 nitrogen and oxygen atoms in total. The number of Topliss-reactive ketones (excluding diaryl/α,β-unsaturated/α-hetero) is 1. The van der Waals surface area contributed by atoms with Crippen molar-refractivity contribution in [2.75, 3.05) is 6.54 Å². The third-order valence-electron chi connectivity index (χ3n) is 5.87. The van der Waals surface area contributed by atoms with Gasteiger partial charge in [-0.2, -0.15) is 0 Å². The maximum atomic E-state index is 13.1. The molecule has 1 heterocycles. The van der Waals surface area contributed by atoms with Crippen LogP contribution in [0.25, 0.3) is 0 Å². The summed E-state index contributed by atoms with van der Waals surface area (Å²) in [5, 5.41) is 2.77. The van der Waals surface area contributed by atoms with Gasteiger partial charge in [0.05, 0.1) is 6.54 Å². The second kappa shape index (κ2) is 7.47. The van der Waals surface area contributed by atoms with Gasteiger partial charge in [0.1, 0.15) is 5.54 Å². The van der Waals surface area contributed by atoms with Crippen LogP contribution in [0.3, 0.4) is 0 Å². The number of aryl methyl sites for hydroxylation is 3. The lowest BCUT2D eigenvalue weighted by molar-refractivity contribution is -0.130. The van der Waals surface area contributed by atoms with E-state index in [1.54, 1.807) is 6.92 Å². The first-order chi connectivity index (χ1) is 13.5. The molecule has 0 aliphatic carbocycles. The van der Waals surface area contributed by atoms with Crippen molar-refractivity contribution in [1.82, 2.24) is 10.2 Å². The van der Waals surface area contributed by atoms with Gasteiger partial charge in [0.25, 0.3) is 5.91 Å². The minimum Gasteiger partial charge on any atom is -0.319 e. The average Bonchev–Trinajstić information content (AvgIpc) is 2.88. The molecule has 152 valence electrons. The van der Waals surface area contributed by atoms with E-state index < -0.39 is 17.5 Å². The molecule has 29 heavy (non-hydrogen) atoms. The summed E-state index contributed by atoms with van der Waals surface area (Å²) >= 11 is 0. The lowest BCUT2D eigenvalue weighted by Crippen LogP contribution is -2.41. The third kappa shape index (κ3) is 3.69. The molecule has 0 bridgehead atoms. The summed E-state index contributed by atoms with van der Waals surface area (Å²) in [5.74, 6) is -0.274. The molecule has 1 aliphatic heterocycles. The fourth-order valence-electron chi connectivity index (χ4n) is 3.73. The standard InChI is InChI=1S/C24H28N2O3/c1-14(2)18-7-9-19(10-8-18)24(6)22(28)26(23(29)25-24)13-21(27)20-12-16(4)15(3)11-17(20)5/h7-12,14H,13H2,1-6H3,(H,25,29)/t24-/m1/s1. The fraction of sp³-hybridized carbons (Fsp3) is 0.375. The molecule has 0 aromatic heterocycles. The van der Waals surface area contributed by atoms with Gasteiger partial charge in [-0.25, -0.2) is 4.79 Å². The predicted molar refractivity (Wildman–Crippen MR) is 113 cm³/mol. The Hall–Kier alpha value is -2.95. The van der Waals surface area contributed by atoms with Gasteiger partial charge < -0.3 is 5.32 Å². The van der Waals surface area contributed by atoms with Crippen molar-refractivity contribution in [1.29, 1.82) is 0 Å². The molecule has 2 aromatic carbocycles. The van der Waals surface area contributed by atoms with Crippen molar-refractivity contribution in [3.8, 4) is 0 Å². The van der Waals surface area contributed by atoms with Crippen LogP contribution in [0.15, 0.2) is 36.4 Å². The normalized spacial score (nSPS) is 19.1. The molecule has 1 fully saturated rings. The zero-order chi connectivity index (χ0) is 21.5.